The summed E-state index contributed by atoms with van der Waals surface area (Å²) in [7, 11) is 0. The number of nitrogens with one attached hydrogen (secondary N) is 1. The molecule has 1 aromatic carbocycles. The van der Waals surface area contributed by atoms with Crippen molar-refractivity contribution < 1.29 is 5.11 Å². The van der Waals surface area contributed by atoms with Crippen molar-refractivity contribution in [1.29, 1.82) is 0 Å². The van der Waals surface area contributed by atoms with Crippen LogP contribution in [-0.4, -0.2) is 21.6 Å². The Labute approximate surface area is 131 Å². The highest BCUT2D eigenvalue weighted by molar-refractivity contribution is 7.13. The topological polar surface area (TPSA) is 52.1 Å². The van der Waals surface area contributed by atoms with Crippen LogP contribution >= 0.6 is 22.9 Å². The molecule has 0 radical (unpaired) electrons. The third-order valence-corrected chi connectivity index (χ3v) is 5.20. The van der Waals surface area contributed by atoms with E-state index in [4.69, 9.17) is 16.7 Å². The minimum atomic E-state index is -0.00170. The fraction of sp³-hybridized carbons (Fsp3) is 0.267. The van der Waals surface area contributed by atoms with Gasteiger partial charge >= 0.3 is 0 Å². The first kappa shape index (κ1) is 13.1. The first-order chi connectivity index (χ1) is 10.3. The summed E-state index contributed by atoms with van der Waals surface area (Å²) in [5, 5.41) is 14.0. The zero-order valence-electron chi connectivity index (χ0n) is 11.3. The maximum absolute atomic E-state index is 9.15. The monoisotopic (exact) mass is 319 g/mol. The average molecular weight is 320 g/mol. The Morgan fingerprint density at radius 2 is 2.33 bits per heavy atom. The van der Waals surface area contributed by atoms with Crippen molar-refractivity contribution in [2.75, 3.05) is 11.4 Å². The summed E-state index contributed by atoms with van der Waals surface area (Å²) in [5.74, 6) is 0. The van der Waals surface area contributed by atoms with Crippen molar-refractivity contribution in [3.05, 3.63) is 45.6 Å². The van der Waals surface area contributed by atoms with Gasteiger partial charge in [0.25, 0.3) is 0 Å². The molecule has 1 aliphatic rings. The SMILES string of the molecule is OCc1csc(N2CCc3[nH]c4c(Cl)cccc4c3C2)n1. The fourth-order valence-electron chi connectivity index (χ4n) is 2.88. The lowest BCUT2D eigenvalue weighted by Gasteiger charge is -2.26. The summed E-state index contributed by atoms with van der Waals surface area (Å²) >= 11 is 7.85. The minimum absolute atomic E-state index is 0.00170. The van der Waals surface area contributed by atoms with Crippen LogP contribution in [0.3, 0.4) is 0 Å². The Bertz CT molecular complexity index is 810. The van der Waals surface area contributed by atoms with E-state index in [1.54, 1.807) is 11.3 Å². The summed E-state index contributed by atoms with van der Waals surface area (Å²) < 4.78 is 0. The lowest BCUT2D eigenvalue weighted by atomic mass is 10.1. The Kier molecular flexibility index (Phi) is 3.14. The normalized spacial score (nSPS) is 14.7. The zero-order valence-corrected chi connectivity index (χ0v) is 12.8. The number of nitrogens with zero attached hydrogens (tertiary/aromatic N) is 2. The van der Waals surface area contributed by atoms with Crippen LogP contribution < -0.4 is 4.90 Å². The van der Waals surface area contributed by atoms with Gasteiger partial charge in [-0.15, -0.1) is 11.3 Å². The predicted molar refractivity (Wildman–Crippen MR) is 86.1 cm³/mol. The molecule has 0 atom stereocenters. The van der Waals surface area contributed by atoms with Crippen molar-refractivity contribution >= 4 is 39.0 Å². The number of rotatable bonds is 2. The van der Waals surface area contributed by atoms with Crippen LogP contribution in [0.4, 0.5) is 5.13 Å². The quantitative estimate of drug-likeness (QED) is 0.761. The molecule has 2 N–H and O–H groups in total. The van der Waals surface area contributed by atoms with E-state index in [1.807, 2.05) is 17.5 Å². The number of H-pyrrole nitrogens is 1. The van der Waals surface area contributed by atoms with E-state index in [-0.39, 0.29) is 6.61 Å². The summed E-state index contributed by atoms with van der Waals surface area (Å²) in [5.41, 5.74) is 4.34. The molecule has 6 heteroatoms. The molecular formula is C15H14ClN3OS. The number of hydrogen-bond donors (Lipinski definition) is 2. The van der Waals surface area contributed by atoms with Gasteiger partial charge in [0.15, 0.2) is 5.13 Å². The van der Waals surface area contributed by atoms with Gasteiger partial charge in [0, 0.05) is 41.5 Å². The number of halogens is 1. The number of aromatic nitrogens is 2. The minimum Gasteiger partial charge on any atom is -0.390 e. The summed E-state index contributed by atoms with van der Waals surface area (Å²) in [4.78, 5) is 10.2. The number of aliphatic hydroxyl groups is 1. The molecule has 2 aromatic heterocycles. The van der Waals surface area contributed by atoms with E-state index < -0.39 is 0 Å². The highest BCUT2D eigenvalue weighted by atomic mass is 35.5. The Hall–Kier alpha value is -1.56. The summed E-state index contributed by atoms with van der Waals surface area (Å²) in [6.45, 7) is 1.75. The lowest BCUT2D eigenvalue weighted by molar-refractivity contribution is 0.277. The van der Waals surface area contributed by atoms with Crippen LogP contribution in [0.1, 0.15) is 17.0 Å². The third-order valence-electron chi connectivity index (χ3n) is 3.93. The van der Waals surface area contributed by atoms with Gasteiger partial charge in [0.05, 0.1) is 22.8 Å². The van der Waals surface area contributed by atoms with E-state index >= 15 is 0 Å². The molecule has 0 aliphatic carbocycles. The molecule has 3 aromatic rings. The second kappa shape index (κ2) is 5.02. The molecule has 1 aliphatic heterocycles. The second-order valence-electron chi connectivity index (χ2n) is 5.20. The molecule has 108 valence electrons. The van der Waals surface area contributed by atoms with Gasteiger partial charge in [0.1, 0.15) is 0 Å². The molecule has 4 rings (SSSR count). The second-order valence-corrected chi connectivity index (χ2v) is 6.44. The number of anilines is 1. The van der Waals surface area contributed by atoms with Gasteiger partial charge < -0.3 is 15.0 Å². The zero-order chi connectivity index (χ0) is 14.4. The van der Waals surface area contributed by atoms with E-state index in [0.717, 1.165) is 40.9 Å². The number of para-hydroxylation sites is 1. The molecule has 3 heterocycles. The standard InChI is InChI=1S/C15H14ClN3OS/c16-12-3-1-2-10-11-6-19(5-4-13(11)18-14(10)12)15-17-9(7-20)8-21-15/h1-3,8,18,20H,4-7H2. The molecule has 0 spiro atoms. The van der Waals surface area contributed by atoms with Crippen molar-refractivity contribution in [2.24, 2.45) is 0 Å². The first-order valence-corrected chi connectivity index (χ1v) is 8.10. The van der Waals surface area contributed by atoms with Gasteiger partial charge in [-0.1, -0.05) is 23.7 Å². The number of aromatic amines is 1. The van der Waals surface area contributed by atoms with E-state index in [1.165, 1.54) is 16.6 Å². The number of thiazole rings is 1. The van der Waals surface area contributed by atoms with E-state index in [9.17, 15) is 0 Å². The fourth-order valence-corrected chi connectivity index (χ4v) is 3.94. The molecule has 0 saturated carbocycles. The maximum Gasteiger partial charge on any atom is 0.185 e. The average Bonchev–Trinajstić information content (AvgIpc) is 3.11. The molecule has 0 bridgehead atoms. The van der Waals surface area contributed by atoms with Crippen LogP contribution in [0, 0.1) is 0 Å². The van der Waals surface area contributed by atoms with Crippen LogP contribution in [-0.2, 0) is 19.6 Å². The largest absolute Gasteiger partial charge is 0.390 e. The van der Waals surface area contributed by atoms with E-state index in [0.29, 0.717) is 0 Å². The summed E-state index contributed by atoms with van der Waals surface area (Å²) in [6, 6.07) is 6.02. The molecule has 0 saturated heterocycles. The van der Waals surface area contributed by atoms with Crippen LogP contribution in [0.5, 0.6) is 0 Å². The number of aliphatic hydroxyl groups excluding tert-OH is 1. The lowest BCUT2D eigenvalue weighted by Crippen LogP contribution is -2.29. The predicted octanol–water partition coefficient (Wildman–Crippen LogP) is 3.33. The number of fused-ring (bicyclic) bond motifs is 3. The molecule has 0 fully saturated rings. The molecule has 4 nitrogen and oxygen atoms in total. The van der Waals surface area contributed by atoms with Gasteiger partial charge in [-0.3, -0.25) is 0 Å². The molecule has 0 unspecified atom stereocenters. The van der Waals surface area contributed by atoms with Crippen molar-refractivity contribution in [2.45, 2.75) is 19.6 Å². The number of hydrogen-bond acceptors (Lipinski definition) is 4. The third kappa shape index (κ3) is 2.12. The van der Waals surface area contributed by atoms with Crippen LogP contribution in [0.2, 0.25) is 5.02 Å². The van der Waals surface area contributed by atoms with Gasteiger partial charge in [-0.2, -0.15) is 0 Å². The van der Waals surface area contributed by atoms with Crippen molar-refractivity contribution in [3.63, 3.8) is 0 Å². The van der Waals surface area contributed by atoms with Gasteiger partial charge in [0.2, 0.25) is 0 Å². The van der Waals surface area contributed by atoms with Gasteiger partial charge in [-0.25, -0.2) is 4.98 Å². The van der Waals surface area contributed by atoms with Crippen molar-refractivity contribution in [1.82, 2.24) is 9.97 Å². The maximum atomic E-state index is 9.15. The Balaban J connectivity index is 1.74. The first-order valence-electron chi connectivity index (χ1n) is 6.84. The van der Waals surface area contributed by atoms with Crippen LogP contribution in [0.15, 0.2) is 23.6 Å². The summed E-state index contributed by atoms with van der Waals surface area (Å²) in [6.07, 6.45) is 0.953. The molecule has 0 amide bonds. The van der Waals surface area contributed by atoms with Gasteiger partial charge in [-0.05, 0) is 6.07 Å². The molecule has 21 heavy (non-hydrogen) atoms. The van der Waals surface area contributed by atoms with Crippen molar-refractivity contribution in [3.8, 4) is 0 Å². The smallest absolute Gasteiger partial charge is 0.185 e. The highest BCUT2D eigenvalue weighted by Crippen LogP contribution is 2.34. The number of benzene rings is 1. The van der Waals surface area contributed by atoms with Crippen LogP contribution in [0.25, 0.3) is 10.9 Å². The highest BCUT2D eigenvalue weighted by Gasteiger charge is 2.23. The van der Waals surface area contributed by atoms with E-state index in [2.05, 4.69) is 20.9 Å². The molecular weight excluding hydrogens is 306 g/mol. The Morgan fingerprint density at radius 3 is 3.14 bits per heavy atom. The Morgan fingerprint density at radius 1 is 1.43 bits per heavy atom.